The lowest BCUT2D eigenvalue weighted by atomic mass is 10.0. The molecule has 0 aliphatic carbocycles. The zero-order valence-corrected chi connectivity index (χ0v) is 21.0. The normalized spacial score (nSPS) is 14.9. The van der Waals surface area contributed by atoms with Gasteiger partial charge in [0, 0.05) is 37.1 Å². The highest BCUT2D eigenvalue weighted by Gasteiger charge is 2.28. The molecule has 0 saturated carbocycles. The van der Waals surface area contributed by atoms with Crippen LogP contribution in [0.3, 0.4) is 0 Å². The van der Waals surface area contributed by atoms with Gasteiger partial charge in [-0.05, 0) is 60.5 Å². The lowest BCUT2D eigenvalue weighted by molar-refractivity contribution is 0.0199. The third kappa shape index (κ3) is 5.41. The number of aromatic nitrogens is 4. The molecule has 3 aromatic rings. The Hall–Kier alpha value is -3.56. The van der Waals surface area contributed by atoms with Gasteiger partial charge in [-0.2, -0.15) is 0 Å². The number of carbonyl (C=O) groups excluding carboxylic acids is 2. The van der Waals surface area contributed by atoms with Crippen LogP contribution in [0.4, 0.5) is 9.18 Å². The fraction of sp³-hybridized carbons (Fsp3) is 0.480. The van der Waals surface area contributed by atoms with Crippen molar-refractivity contribution in [3.8, 4) is 11.4 Å². The van der Waals surface area contributed by atoms with Crippen LogP contribution in [0.1, 0.15) is 61.1 Å². The summed E-state index contributed by atoms with van der Waals surface area (Å²) in [5.41, 5.74) is 2.34. The van der Waals surface area contributed by atoms with Gasteiger partial charge >= 0.3 is 6.09 Å². The molecule has 9 nitrogen and oxygen atoms in total. The van der Waals surface area contributed by atoms with Crippen molar-refractivity contribution in [2.45, 2.75) is 66.0 Å². The van der Waals surface area contributed by atoms with Gasteiger partial charge in [0.15, 0.2) is 17.3 Å². The molecule has 1 aliphatic rings. The number of likely N-dealkylation sites (tertiary alicyclic amines) is 1. The number of carbonyl (C=O) groups is 2. The van der Waals surface area contributed by atoms with Gasteiger partial charge < -0.3 is 19.4 Å². The maximum Gasteiger partial charge on any atom is 0.410 e. The van der Waals surface area contributed by atoms with Gasteiger partial charge in [0.25, 0.3) is 5.91 Å². The van der Waals surface area contributed by atoms with E-state index in [2.05, 4.69) is 20.3 Å². The van der Waals surface area contributed by atoms with E-state index in [0.717, 1.165) is 0 Å². The van der Waals surface area contributed by atoms with Crippen LogP contribution in [0.2, 0.25) is 0 Å². The predicted octanol–water partition coefficient (Wildman–Crippen LogP) is 3.98. The summed E-state index contributed by atoms with van der Waals surface area (Å²) < 4.78 is 21.6. The number of aryl methyl sites for hydroxylation is 3. The number of nitrogens with one attached hydrogen (secondary N) is 1. The molecule has 35 heavy (non-hydrogen) atoms. The topological polar surface area (TPSA) is 102 Å². The highest BCUT2D eigenvalue weighted by atomic mass is 19.1. The minimum absolute atomic E-state index is 0.0688. The second kappa shape index (κ2) is 9.24. The van der Waals surface area contributed by atoms with Gasteiger partial charge in [-0.25, -0.2) is 24.1 Å². The molecule has 3 aromatic heterocycles. The average Bonchev–Trinajstić information content (AvgIpc) is 3.13. The molecule has 1 aliphatic heterocycles. The van der Waals surface area contributed by atoms with E-state index in [1.165, 1.54) is 6.07 Å². The van der Waals surface area contributed by atoms with E-state index in [-0.39, 0.29) is 23.7 Å². The van der Waals surface area contributed by atoms with Crippen LogP contribution in [0.15, 0.2) is 18.5 Å². The number of fused-ring (bicyclic) bond motifs is 1. The standard InChI is InChI=1S/C25H31FN6O3/c1-14-12-32-13-17(11-19(26)22(32)27-14)21-28-15(2)20(16(3)29-21)23(33)30-18-7-9-31(10-8-18)24(34)35-25(4,5)6/h11-13,18H,7-10H2,1-6H3,(H,30,33). The Bertz CT molecular complexity index is 1270. The van der Waals surface area contributed by atoms with Crippen LogP contribution >= 0.6 is 0 Å². The molecule has 1 saturated heterocycles. The van der Waals surface area contributed by atoms with Gasteiger partial charge in [0.2, 0.25) is 0 Å². The van der Waals surface area contributed by atoms with Crippen molar-refractivity contribution in [1.82, 2.24) is 29.6 Å². The highest BCUT2D eigenvalue weighted by Crippen LogP contribution is 2.23. The van der Waals surface area contributed by atoms with Crippen LogP contribution in [0.25, 0.3) is 17.0 Å². The van der Waals surface area contributed by atoms with E-state index in [1.54, 1.807) is 42.5 Å². The number of ether oxygens (including phenoxy) is 1. The minimum atomic E-state index is -0.543. The Morgan fingerprint density at radius 2 is 1.69 bits per heavy atom. The molecule has 186 valence electrons. The quantitative estimate of drug-likeness (QED) is 0.606. The molecular formula is C25H31FN6O3. The number of amides is 2. The summed E-state index contributed by atoms with van der Waals surface area (Å²) in [7, 11) is 0. The maximum atomic E-state index is 14.5. The summed E-state index contributed by atoms with van der Waals surface area (Å²) in [5.74, 6) is -0.377. The zero-order chi connectivity index (χ0) is 25.5. The minimum Gasteiger partial charge on any atom is -0.444 e. The first-order chi connectivity index (χ1) is 16.4. The van der Waals surface area contributed by atoms with Gasteiger partial charge in [-0.3, -0.25) is 4.79 Å². The molecule has 4 heterocycles. The van der Waals surface area contributed by atoms with Crippen molar-refractivity contribution in [3.05, 3.63) is 46.9 Å². The number of pyridine rings is 1. The van der Waals surface area contributed by atoms with Crippen molar-refractivity contribution in [3.63, 3.8) is 0 Å². The SMILES string of the molecule is Cc1cn2cc(-c3nc(C)c(C(=O)NC4CCN(C(=O)OC(C)(C)C)CC4)c(C)n3)cc(F)c2n1. The van der Waals surface area contributed by atoms with Crippen LogP contribution in [-0.2, 0) is 4.74 Å². The second-order valence-corrected chi connectivity index (χ2v) is 10.00. The van der Waals surface area contributed by atoms with Gasteiger partial charge in [-0.15, -0.1) is 0 Å². The van der Waals surface area contributed by atoms with Gasteiger partial charge in [-0.1, -0.05) is 0 Å². The Morgan fingerprint density at radius 1 is 1.06 bits per heavy atom. The fourth-order valence-electron chi connectivity index (χ4n) is 4.27. The number of imidazole rings is 1. The first kappa shape index (κ1) is 24.6. The number of halogens is 1. The van der Waals surface area contributed by atoms with Crippen LogP contribution in [0.5, 0.6) is 0 Å². The van der Waals surface area contributed by atoms with Gasteiger partial charge in [0.05, 0.1) is 22.6 Å². The van der Waals surface area contributed by atoms with Crippen molar-refractivity contribution in [1.29, 1.82) is 0 Å². The lowest BCUT2D eigenvalue weighted by Crippen LogP contribution is -2.48. The smallest absolute Gasteiger partial charge is 0.410 e. The Morgan fingerprint density at radius 3 is 2.29 bits per heavy atom. The molecule has 0 aromatic carbocycles. The molecule has 4 rings (SSSR count). The molecule has 0 radical (unpaired) electrons. The summed E-state index contributed by atoms with van der Waals surface area (Å²) in [6, 6.07) is 1.29. The predicted molar refractivity (Wildman–Crippen MR) is 129 cm³/mol. The summed E-state index contributed by atoms with van der Waals surface area (Å²) in [5, 5.41) is 3.05. The number of piperidine rings is 1. The maximum absolute atomic E-state index is 14.5. The van der Waals surface area contributed by atoms with Crippen LogP contribution < -0.4 is 5.32 Å². The number of hydrogen-bond donors (Lipinski definition) is 1. The summed E-state index contributed by atoms with van der Waals surface area (Å²) >= 11 is 0. The molecule has 1 fully saturated rings. The molecule has 2 amide bonds. The van der Waals surface area contributed by atoms with E-state index in [4.69, 9.17) is 4.74 Å². The third-order valence-corrected chi connectivity index (χ3v) is 5.86. The third-order valence-electron chi connectivity index (χ3n) is 5.86. The van der Waals surface area contributed by atoms with Crippen molar-refractivity contribution >= 4 is 17.6 Å². The average molecular weight is 483 g/mol. The second-order valence-electron chi connectivity index (χ2n) is 10.00. The number of nitrogens with zero attached hydrogens (tertiary/aromatic N) is 5. The first-order valence-corrected chi connectivity index (χ1v) is 11.7. The van der Waals surface area contributed by atoms with E-state index >= 15 is 0 Å². The van der Waals surface area contributed by atoms with E-state index in [9.17, 15) is 14.0 Å². The Balaban J connectivity index is 1.46. The highest BCUT2D eigenvalue weighted by molar-refractivity contribution is 5.96. The monoisotopic (exact) mass is 482 g/mol. The number of hydrogen-bond acceptors (Lipinski definition) is 6. The Labute approximate surface area is 203 Å². The van der Waals surface area contributed by atoms with Crippen molar-refractivity contribution in [2.75, 3.05) is 13.1 Å². The largest absolute Gasteiger partial charge is 0.444 e. The molecule has 10 heteroatoms. The first-order valence-electron chi connectivity index (χ1n) is 11.7. The molecular weight excluding hydrogens is 451 g/mol. The van der Waals surface area contributed by atoms with E-state index in [0.29, 0.717) is 60.0 Å². The summed E-state index contributed by atoms with van der Waals surface area (Å²) in [4.78, 5) is 40.2. The molecule has 0 spiro atoms. The van der Waals surface area contributed by atoms with Crippen molar-refractivity contribution < 1.29 is 18.7 Å². The molecule has 0 bridgehead atoms. The molecule has 0 atom stereocenters. The molecule has 0 unspecified atom stereocenters. The van der Waals surface area contributed by atoms with Crippen LogP contribution in [0, 0.1) is 26.6 Å². The van der Waals surface area contributed by atoms with Gasteiger partial charge in [0.1, 0.15) is 5.60 Å². The van der Waals surface area contributed by atoms with E-state index in [1.807, 2.05) is 20.8 Å². The molecule has 1 N–H and O–H groups in total. The number of rotatable bonds is 3. The Kier molecular flexibility index (Phi) is 6.48. The van der Waals surface area contributed by atoms with E-state index < -0.39 is 11.4 Å². The summed E-state index contributed by atoms with van der Waals surface area (Å²) in [6.07, 6.45) is 4.39. The lowest BCUT2D eigenvalue weighted by Gasteiger charge is -2.33. The fourth-order valence-corrected chi connectivity index (χ4v) is 4.27. The summed E-state index contributed by atoms with van der Waals surface area (Å²) in [6.45, 7) is 11.8. The van der Waals surface area contributed by atoms with Crippen LogP contribution in [-0.4, -0.2) is 61.0 Å². The zero-order valence-electron chi connectivity index (χ0n) is 21.0. The van der Waals surface area contributed by atoms with Crippen molar-refractivity contribution in [2.24, 2.45) is 0 Å².